The molecule has 0 unspecified atom stereocenters. The fourth-order valence-corrected chi connectivity index (χ4v) is 3.82. The number of hydrogen-bond acceptors (Lipinski definition) is 6. The zero-order valence-corrected chi connectivity index (χ0v) is 19.4. The number of carbonyl (C=O) groups is 2. The highest BCUT2D eigenvalue weighted by Crippen LogP contribution is 2.22. The van der Waals surface area contributed by atoms with Crippen LogP contribution >= 0.6 is 23.4 Å². The third-order valence-corrected chi connectivity index (χ3v) is 5.85. The molecule has 0 bridgehead atoms. The van der Waals surface area contributed by atoms with Crippen molar-refractivity contribution in [3.8, 4) is 5.75 Å². The molecule has 0 spiro atoms. The number of aromatic nitrogens is 3. The van der Waals surface area contributed by atoms with E-state index in [9.17, 15) is 9.59 Å². The van der Waals surface area contributed by atoms with E-state index in [4.69, 9.17) is 16.3 Å². The first-order valence-corrected chi connectivity index (χ1v) is 11.3. The Balaban J connectivity index is 1.35. The number of hydrazine groups is 1. The van der Waals surface area contributed by atoms with Crippen molar-refractivity contribution in [1.29, 1.82) is 0 Å². The number of rotatable bonds is 9. The number of benzene rings is 2. The van der Waals surface area contributed by atoms with Crippen LogP contribution in [-0.4, -0.2) is 33.2 Å². The summed E-state index contributed by atoms with van der Waals surface area (Å²) in [5.74, 6) is 0.787. The standard InChI is InChI=1S/C22H24ClN5O3S/c1-15-12-18(23)9-10-19(15)31-11-3-4-20(29)25-26-21(30)17-7-5-16(6-8-17)13-32-22-27-24-14-28(22)2/h5-10,12,14H,3-4,11,13H2,1-2H3,(H,25,29)(H,26,30). The van der Waals surface area contributed by atoms with Crippen molar-refractivity contribution in [3.63, 3.8) is 0 Å². The molecular weight excluding hydrogens is 450 g/mol. The number of nitrogens with one attached hydrogen (secondary N) is 2. The molecule has 8 nitrogen and oxygen atoms in total. The van der Waals surface area contributed by atoms with E-state index in [0.717, 1.165) is 22.0 Å². The van der Waals surface area contributed by atoms with Gasteiger partial charge in [-0.15, -0.1) is 10.2 Å². The molecule has 3 rings (SSSR count). The molecule has 0 aliphatic heterocycles. The van der Waals surface area contributed by atoms with Gasteiger partial charge < -0.3 is 9.30 Å². The third kappa shape index (κ3) is 7.00. The van der Waals surface area contributed by atoms with Crippen molar-refractivity contribution < 1.29 is 14.3 Å². The molecule has 32 heavy (non-hydrogen) atoms. The Hall–Kier alpha value is -3.04. The summed E-state index contributed by atoms with van der Waals surface area (Å²) < 4.78 is 7.51. The minimum Gasteiger partial charge on any atom is -0.493 e. The number of amides is 2. The van der Waals surface area contributed by atoms with Crippen LogP contribution in [0.15, 0.2) is 53.9 Å². The van der Waals surface area contributed by atoms with Gasteiger partial charge in [0.25, 0.3) is 5.91 Å². The molecule has 2 aromatic carbocycles. The second-order valence-corrected chi connectivity index (χ2v) is 8.45. The van der Waals surface area contributed by atoms with E-state index in [1.54, 1.807) is 42.4 Å². The Morgan fingerprint density at radius 2 is 1.94 bits per heavy atom. The molecule has 1 aromatic heterocycles. The number of hydrogen-bond donors (Lipinski definition) is 2. The number of thioether (sulfide) groups is 1. The van der Waals surface area contributed by atoms with Gasteiger partial charge >= 0.3 is 0 Å². The van der Waals surface area contributed by atoms with Crippen molar-refractivity contribution in [1.82, 2.24) is 25.6 Å². The molecule has 3 aromatic rings. The maximum absolute atomic E-state index is 12.2. The van der Waals surface area contributed by atoms with Gasteiger partial charge in [0, 0.05) is 29.8 Å². The second kappa shape index (κ2) is 11.5. The van der Waals surface area contributed by atoms with Gasteiger partial charge in [-0.25, -0.2) is 0 Å². The van der Waals surface area contributed by atoms with Crippen molar-refractivity contribution in [2.75, 3.05) is 6.61 Å². The van der Waals surface area contributed by atoms with Gasteiger partial charge in [0.15, 0.2) is 5.16 Å². The maximum Gasteiger partial charge on any atom is 0.269 e. The summed E-state index contributed by atoms with van der Waals surface area (Å²) in [5, 5.41) is 9.34. The van der Waals surface area contributed by atoms with Crippen LogP contribution < -0.4 is 15.6 Å². The van der Waals surface area contributed by atoms with E-state index < -0.39 is 0 Å². The molecule has 0 radical (unpaired) electrons. The number of halogens is 1. The quantitative estimate of drug-likeness (QED) is 0.279. The van der Waals surface area contributed by atoms with Gasteiger partial charge in [0.05, 0.1) is 6.61 Å². The van der Waals surface area contributed by atoms with Crippen molar-refractivity contribution in [2.45, 2.75) is 30.7 Å². The normalized spacial score (nSPS) is 10.6. The minimum absolute atomic E-state index is 0.227. The fourth-order valence-electron chi connectivity index (χ4n) is 2.75. The molecule has 168 valence electrons. The molecule has 0 atom stereocenters. The van der Waals surface area contributed by atoms with Crippen molar-refractivity contribution in [3.05, 3.63) is 70.5 Å². The van der Waals surface area contributed by atoms with Crippen LogP contribution in [0.25, 0.3) is 0 Å². The van der Waals surface area contributed by atoms with E-state index in [1.807, 2.05) is 36.7 Å². The van der Waals surface area contributed by atoms with Gasteiger partial charge in [-0.1, -0.05) is 35.5 Å². The van der Waals surface area contributed by atoms with Crippen LogP contribution in [0.5, 0.6) is 5.75 Å². The smallest absolute Gasteiger partial charge is 0.269 e. The van der Waals surface area contributed by atoms with Crippen LogP contribution in [0, 0.1) is 6.92 Å². The van der Waals surface area contributed by atoms with E-state index in [-0.39, 0.29) is 18.2 Å². The fraction of sp³-hybridized carbons (Fsp3) is 0.273. The zero-order chi connectivity index (χ0) is 22.9. The van der Waals surface area contributed by atoms with Crippen LogP contribution in [0.3, 0.4) is 0 Å². The average Bonchev–Trinajstić information content (AvgIpc) is 3.19. The molecule has 0 saturated carbocycles. The molecule has 0 saturated heterocycles. The van der Waals surface area contributed by atoms with Crippen LogP contribution in [0.4, 0.5) is 0 Å². The lowest BCUT2D eigenvalue weighted by Gasteiger charge is -2.10. The summed E-state index contributed by atoms with van der Waals surface area (Å²) in [6.07, 6.45) is 2.39. The minimum atomic E-state index is -0.376. The maximum atomic E-state index is 12.2. The van der Waals surface area contributed by atoms with E-state index in [0.29, 0.717) is 29.4 Å². The Bertz CT molecular complexity index is 1070. The lowest BCUT2D eigenvalue weighted by atomic mass is 10.1. The van der Waals surface area contributed by atoms with Gasteiger partial charge in [-0.2, -0.15) is 0 Å². The lowest BCUT2D eigenvalue weighted by molar-refractivity contribution is -0.122. The number of ether oxygens (including phenoxy) is 1. The second-order valence-electron chi connectivity index (χ2n) is 7.07. The predicted octanol–water partition coefficient (Wildman–Crippen LogP) is 3.69. The molecule has 0 fully saturated rings. The molecule has 2 amide bonds. The monoisotopic (exact) mass is 473 g/mol. The summed E-state index contributed by atoms with van der Waals surface area (Å²) >= 11 is 7.48. The third-order valence-electron chi connectivity index (χ3n) is 4.51. The van der Waals surface area contributed by atoms with Crippen LogP contribution in [0.2, 0.25) is 5.02 Å². The number of aryl methyl sites for hydroxylation is 2. The van der Waals surface area contributed by atoms with Gasteiger partial charge in [0.1, 0.15) is 12.1 Å². The Morgan fingerprint density at radius 1 is 1.16 bits per heavy atom. The first-order chi connectivity index (χ1) is 15.4. The van der Waals surface area contributed by atoms with E-state index in [1.165, 1.54) is 0 Å². The lowest BCUT2D eigenvalue weighted by Crippen LogP contribution is -2.41. The summed E-state index contributed by atoms with van der Waals surface area (Å²) in [6, 6.07) is 12.6. The molecule has 10 heteroatoms. The Morgan fingerprint density at radius 3 is 2.62 bits per heavy atom. The van der Waals surface area contributed by atoms with Gasteiger partial charge in [0.2, 0.25) is 5.91 Å². The van der Waals surface area contributed by atoms with Crippen molar-refractivity contribution >= 4 is 35.2 Å². The SMILES string of the molecule is Cc1cc(Cl)ccc1OCCCC(=O)NNC(=O)c1ccc(CSc2nncn2C)cc1. The first kappa shape index (κ1) is 23.6. The van der Waals surface area contributed by atoms with Gasteiger partial charge in [-0.3, -0.25) is 20.4 Å². The summed E-state index contributed by atoms with van der Waals surface area (Å²) in [5.41, 5.74) is 7.31. The summed E-state index contributed by atoms with van der Waals surface area (Å²) in [4.78, 5) is 24.2. The van der Waals surface area contributed by atoms with Crippen LogP contribution in [0.1, 0.15) is 34.3 Å². The molecule has 0 aliphatic rings. The highest BCUT2D eigenvalue weighted by Gasteiger charge is 2.09. The predicted molar refractivity (Wildman–Crippen MR) is 124 cm³/mol. The highest BCUT2D eigenvalue weighted by atomic mass is 35.5. The van der Waals surface area contributed by atoms with Crippen LogP contribution in [-0.2, 0) is 17.6 Å². The highest BCUT2D eigenvalue weighted by molar-refractivity contribution is 7.98. The summed E-state index contributed by atoms with van der Waals surface area (Å²) in [6.45, 7) is 2.30. The number of carbonyl (C=O) groups excluding carboxylic acids is 2. The first-order valence-electron chi connectivity index (χ1n) is 9.96. The Kier molecular flexibility index (Phi) is 8.52. The van der Waals surface area contributed by atoms with Crippen molar-refractivity contribution in [2.24, 2.45) is 7.05 Å². The molecular formula is C22H24ClN5O3S. The molecule has 2 N–H and O–H groups in total. The topological polar surface area (TPSA) is 98.1 Å². The molecule has 1 heterocycles. The number of nitrogens with zero attached hydrogens (tertiary/aromatic N) is 3. The van der Waals surface area contributed by atoms with E-state index in [2.05, 4.69) is 21.0 Å². The summed E-state index contributed by atoms with van der Waals surface area (Å²) in [7, 11) is 1.89. The zero-order valence-electron chi connectivity index (χ0n) is 17.8. The largest absolute Gasteiger partial charge is 0.493 e. The molecule has 0 aliphatic carbocycles. The Labute approximate surface area is 195 Å². The average molecular weight is 474 g/mol. The van der Waals surface area contributed by atoms with E-state index >= 15 is 0 Å². The van der Waals surface area contributed by atoms with Gasteiger partial charge in [-0.05, 0) is 54.8 Å².